The van der Waals surface area contributed by atoms with Crippen LogP contribution in [0.25, 0.3) is 57.9 Å². The standard InChI is InChI=1S/C41H26N6OS4/c1-41(2)27-12-8-9-13-30(27)47(25-10-6-5-7-11-25)31-17-15-23(18-28(31)41)32-20-34-35(49-32)21-33(50-34)26-16-14-24(37-38(26)45-52-44-37)19-36-39(48)46(4)40(51-36)29(22-42)43-3/h5-21H,1-2,4H3/b36-19?,40-29-. The number of nitriles is 1. The first-order chi connectivity index (χ1) is 25.3. The Morgan fingerprint density at radius 3 is 2.35 bits per heavy atom. The van der Waals surface area contributed by atoms with Gasteiger partial charge < -0.3 is 9.47 Å². The molecule has 0 aliphatic carbocycles. The molecule has 0 saturated heterocycles. The van der Waals surface area contributed by atoms with Crippen LogP contribution in [0.15, 0.2) is 102 Å². The molecule has 5 heterocycles. The van der Waals surface area contributed by atoms with Crippen molar-refractivity contribution in [2.75, 3.05) is 4.90 Å². The minimum Gasteiger partial charge on any atom is -0.310 e. The van der Waals surface area contributed by atoms with Crippen molar-refractivity contribution in [1.82, 2.24) is 13.3 Å². The second kappa shape index (κ2) is 12.2. The Balaban J connectivity index is 1.09. The summed E-state index contributed by atoms with van der Waals surface area (Å²) in [5.74, 6) is 0. The first-order valence-electron chi connectivity index (χ1n) is 16.3. The summed E-state index contributed by atoms with van der Waals surface area (Å²) in [4.78, 5) is 21.0. The minimum atomic E-state index is -0.257. The van der Waals surface area contributed by atoms with Gasteiger partial charge in [-0.1, -0.05) is 68.4 Å². The maximum absolute atomic E-state index is 13.0. The van der Waals surface area contributed by atoms with Gasteiger partial charge in [0.15, 0.2) is 0 Å². The highest BCUT2D eigenvalue weighted by atomic mass is 32.1. The lowest BCUT2D eigenvalue weighted by atomic mass is 9.73. The molecule has 1 aliphatic rings. The predicted octanol–water partition coefficient (Wildman–Crippen LogP) is 9.55. The number of thiophene rings is 2. The number of fused-ring (bicyclic) bond motifs is 4. The number of hydrogen-bond donors (Lipinski definition) is 0. The molecule has 0 bridgehead atoms. The van der Waals surface area contributed by atoms with Crippen LogP contribution in [-0.4, -0.2) is 13.3 Å². The maximum atomic E-state index is 13.0. The van der Waals surface area contributed by atoms with E-state index in [1.165, 1.54) is 46.9 Å². The van der Waals surface area contributed by atoms with Crippen molar-refractivity contribution in [3.63, 3.8) is 0 Å². The van der Waals surface area contributed by atoms with Crippen LogP contribution < -0.4 is 19.7 Å². The molecule has 8 aromatic rings. The average Bonchev–Trinajstić information content (AvgIpc) is 3.95. The van der Waals surface area contributed by atoms with Crippen LogP contribution in [-0.2, 0) is 12.5 Å². The number of thiazole rings is 1. The van der Waals surface area contributed by atoms with E-state index in [1.807, 2.05) is 18.2 Å². The summed E-state index contributed by atoms with van der Waals surface area (Å²) < 4.78 is 13.8. The Bertz CT molecular complexity index is 2970. The van der Waals surface area contributed by atoms with E-state index in [1.54, 1.807) is 35.8 Å². The van der Waals surface area contributed by atoms with Gasteiger partial charge in [0.1, 0.15) is 15.7 Å². The van der Waals surface area contributed by atoms with Crippen LogP contribution in [0.3, 0.4) is 0 Å². The Kier molecular flexibility index (Phi) is 7.58. The normalized spacial score (nSPS) is 14.2. The number of aromatic nitrogens is 3. The lowest BCUT2D eigenvalue weighted by Gasteiger charge is -2.42. The Hall–Kier alpha value is -5.69. The fourth-order valence-electron chi connectivity index (χ4n) is 7.06. The fraction of sp³-hybridized carbons (Fsp3) is 0.0976. The van der Waals surface area contributed by atoms with E-state index in [9.17, 15) is 10.1 Å². The quantitative estimate of drug-likeness (QED) is 0.168. The molecule has 0 radical (unpaired) electrons. The molecule has 11 heteroatoms. The smallest absolute Gasteiger partial charge is 0.294 e. The Morgan fingerprint density at radius 2 is 1.56 bits per heavy atom. The number of benzene rings is 4. The van der Waals surface area contributed by atoms with Crippen LogP contribution >= 0.6 is 45.7 Å². The molecule has 0 N–H and O–H groups in total. The van der Waals surface area contributed by atoms with Gasteiger partial charge in [-0.2, -0.15) is 8.75 Å². The third-order valence-corrected chi connectivity index (χ3v) is 13.8. The molecule has 0 atom stereocenters. The zero-order chi connectivity index (χ0) is 35.7. The van der Waals surface area contributed by atoms with E-state index < -0.39 is 0 Å². The molecule has 7 nitrogen and oxygen atoms in total. The SMILES string of the molecule is [C-]#[N+]/C(C#N)=c1\sc(=Cc2ccc(-c3cc4sc(-c5ccc6c(c5)C(C)(C)c5ccccc5N6c5ccccc5)cc4s3)c3nsnc23)c(=O)n1C. The summed E-state index contributed by atoms with van der Waals surface area (Å²) >= 11 is 5.82. The van der Waals surface area contributed by atoms with Gasteiger partial charge in [0.2, 0.25) is 0 Å². The van der Waals surface area contributed by atoms with Crippen molar-refractivity contribution in [1.29, 1.82) is 5.26 Å². The van der Waals surface area contributed by atoms with Crippen LogP contribution in [0, 0.1) is 17.9 Å². The highest BCUT2D eigenvalue weighted by molar-refractivity contribution is 7.31. The zero-order valence-corrected chi connectivity index (χ0v) is 31.3. The van der Waals surface area contributed by atoms with E-state index in [4.69, 9.17) is 6.57 Å². The van der Waals surface area contributed by atoms with Gasteiger partial charge in [-0.05, 0) is 65.2 Å². The summed E-state index contributed by atoms with van der Waals surface area (Å²) in [5, 5.41) is 9.36. The summed E-state index contributed by atoms with van der Waals surface area (Å²) in [6.45, 7) is 12.0. The molecule has 9 rings (SSSR count). The zero-order valence-electron chi connectivity index (χ0n) is 28.0. The Labute approximate surface area is 314 Å². The van der Waals surface area contributed by atoms with E-state index in [0.717, 1.165) is 55.8 Å². The monoisotopic (exact) mass is 746 g/mol. The van der Waals surface area contributed by atoms with Crippen molar-refractivity contribution in [2.24, 2.45) is 7.05 Å². The second-order valence-electron chi connectivity index (χ2n) is 13.0. The van der Waals surface area contributed by atoms with Crippen molar-refractivity contribution < 1.29 is 0 Å². The summed E-state index contributed by atoms with van der Waals surface area (Å²) in [7, 11) is 1.58. The summed E-state index contributed by atoms with van der Waals surface area (Å²) in [6, 6.07) is 36.7. The van der Waals surface area contributed by atoms with Crippen LogP contribution in [0.5, 0.6) is 0 Å². The van der Waals surface area contributed by atoms with Gasteiger partial charge in [0.05, 0.1) is 40.3 Å². The molecule has 0 amide bonds. The van der Waals surface area contributed by atoms with E-state index in [0.29, 0.717) is 9.20 Å². The third-order valence-electron chi connectivity index (χ3n) is 9.68. The highest BCUT2D eigenvalue weighted by Crippen LogP contribution is 2.53. The van der Waals surface area contributed by atoms with Crippen LogP contribution in [0.1, 0.15) is 30.5 Å². The van der Waals surface area contributed by atoms with Crippen molar-refractivity contribution >= 4 is 95.0 Å². The van der Waals surface area contributed by atoms with Gasteiger partial charge in [0, 0.05) is 48.4 Å². The number of rotatable bonds is 4. The molecule has 4 aromatic heterocycles. The van der Waals surface area contributed by atoms with Gasteiger partial charge >= 0.3 is 0 Å². The van der Waals surface area contributed by atoms with Crippen LogP contribution in [0.2, 0.25) is 0 Å². The first kappa shape index (κ1) is 32.2. The van der Waals surface area contributed by atoms with E-state index in [-0.39, 0.29) is 16.7 Å². The number of anilines is 3. The summed E-state index contributed by atoms with van der Waals surface area (Å²) in [6.07, 6.45) is 1.78. The molecule has 0 fully saturated rings. The number of hydrogen-bond acceptors (Lipinski definition) is 9. The molecule has 0 unspecified atom stereocenters. The lowest BCUT2D eigenvalue weighted by Crippen LogP contribution is -2.30. The molecule has 0 spiro atoms. The number of para-hydroxylation sites is 2. The van der Waals surface area contributed by atoms with Crippen molar-refractivity contribution in [3.8, 4) is 27.0 Å². The fourth-order valence-corrected chi connectivity index (χ4v) is 11.1. The summed E-state index contributed by atoms with van der Waals surface area (Å²) in [5.41, 5.74) is 10.1. The average molecular weight is 747 g/mol. The molecule has 1 aliphatic heterocycles. The predicted molar refractivity (Wildman–Crippen MR) is 216 cm³/mol. The molecular formula is C41H26N6OS4. The molecule has 4 aromatic carbocycles. The Morgan fingerprint density at radius 1 is 0.846 bits per heavy atom. The molecular weight excluding hydrogens is 721 g/mol. The highest BCUT2D eigenvalue weighted by Gasteiger charge is 2.37. The molecule has 0 saturated carbocycles. The third kappa shape index (κ3) is 4.97. The van der Waals surface area contributed by atoms with E-state index in [2.05, 4.69) is 117 Å². The van der Waals surface area contributed by atoms with Crippen molar-refractivity contribution in [3.05, 3.63) is 145 Å². The lowest BCUT2D eigenvalue weighted by molar-refractivity contribution is 0.632. The van der Waals surface area contributed by atoms with Gasteiger partial charge in [-0.3, -0.25) is 4.79 Å². The van der Waals surface area contributed by atoms with Crippen molar-refractivity contribution in [2.45, 2.75) is 19.3 Å². The van der Waals surface area contributed by atoms with Gasteiger partial charge in [-0.15, -0.1) is 34.0 Å². The first-order valence-corrected chi connectivity index (χ1v) is 19.5. The minimum absolute atomic E-state index is 0.100. The number of nitrogens with zero attached hydrogens (tertiary/aromatic N) is 6. The maximum Gasteiger partial charge on any atom is 0.294 e. The second-order valence-corrected chi connectivity index (χ2v) is 16.7. The van der Waals surface area contributed by atoms with E-state index >= 15 is 0 Å². The largest absolute Gasteiger partial charge is 0.310 e. The van der Waals surface area contributed by atoms with Gasteiger partial charge in [0.25, 0.3) is 11.3 Å². The molecule has 250 valence electrons. The molecule has 52 heavy (non-hydrogen) atoms. The topological polar surface area (TPSA) is 79.2 Å². The van der Waals surface area contributed by atoms with Crippen LogP contribution in [0.4, 0.5) is 17.1 Å². The van der Waals surface area contributed by atoms with Gasteiger partial charge in [-0.25, -0.2) is 10.1 Å².